The molecule has 3 N–H and O–H groups in total. The molecular weight excluding hydrogens is 304 g/mol. The fourth-order valence-corrected chi connectivity index (χ4v) is 3.28. The van der Waals surface area contributed by atoms with Crippen LogP contribution in [0.4, 0.5) is 4.79 Å². The molecule has 0 aliphatic carbocycles. The molecule has 0 radical (unpaired) electrons. The van der Waals surface area contributed by atoms with Gasteiger partial charge in [-0.1, -0.05) is 0 Å². The van der Waals surface area contributed by atoms with Gasteiger partial charge < -0.3 is 25.2 Å². The van der Waals surface area contributed by atoms with E-state index >= 15 is 0 Å². The van der Waals surface area contributed by atoms with Crippen LogP contribution in [0.2, 0.25) is 0 Å². The highest BCUT2D eigenvalue weighted by Gasteiger charge is 2.33. The number of urea groups is 1. The number of aliphatic hydroxyl groups excluding tert-OH is 1. The molecule has 22 heavy (non-hydrogen) atoms. The number of carbonyl (C=O) groups is 1. The van der Waals surface area contributed by atoms with Crippen LogP contribution in [-0.4, -0.2) is 49.7 Å². The molecule has 0 bridgehead atoms. The van der Waals surface area contributed by atoms with Crippen LogP contribution in [-0.2, 0) is 16.0 Å². The average molecular weight is 328 g/mol. The molecule has 6 nitrogen and oxygen atoms in total. The van der Waals surface area contributed by atoms with Gasteiger partial charge in [0.2, 0.25) is 0 Å². The maximum atomic E-state index is 12.0. The quantitative estimate of drug-likeness (QED) is 0.707. The van der Waals surface area contributed by atoms with Crippen molar-refractivity contribution in [2.24, 2.45) is 0 Å². The normalized spacial score (nSPS) is 17.2. The van der Waals surface area contributed by atoms with Crippen LogP contribution in [0.25, 0.3) is 0 Å². The summed E-state index contributed by atoms with van der Waals surface area (Å²) in [6.45, 7) is 4.46. The molecule has 1 saturated heterocycles. The van der Waals surface area contributed by atoms with Crippen molar-refractivity contribution in [2.45, 2.75) is 31.9 Å². The SMILES string of the molecule is Cc1cscc1CNC(=O)NCC1(OCCO)CCOCC1. The van der Waals surface area contributed by atoms with E-state index in [1.807, 2.05) is 12.3 Å². The summed E-state index contributed by atoms with van der Waals surface area (Å²) in [5.74, 6) is 0. The Morgan fingerprint density at radius 1 is 1.41 bits per heavy atom. The molecule has 2 amide bonds. The Hall–Kier alpha value is -1.15. The lowest BCUT2D eigenvalue weighted by Gasteiger charge is -2.37. The summed E-state index contributed by atoms with van der Waals surface area (Å²) in [5, 5.41) is 18.8. The van der Waals surface area contributed by atoms with Gasteiger partial charge in [0.25, 0.3) is 0 Å². The number of hydrogen-bond acceptors (Lipinski definition) is 5. The minimum Gasteiger partial charge on any atom is -0.394 e. The second-order valence-electron chi connectivity index (χ2n) is 5.48. The zero-order chi connectivity index (χ0) is 15.8. The molecule has 0 unspecified atom stereocenters. The fraction of sp³-hybridized carbons (Fsp3) is 0.667. The van der Waals surface area contributed by atoms with Crippen molar-refractivity contribution in [1.82, 2.24) is 10.6 Å². The third-order valence-corrected chi connectivity index (χ3v) is 4.79. The fourth-order valence-electron chi connectivity index (χ4n) is 2.43. The first-order valence-corrected chi connectivity index (χ1v) is 8.45. The van der Waals surface area contributed by atoms with E-state index < -0.39 is 5.60 Å². The number of nitrogens with one attached hydrogen (secondary N) is 2. The lowest BCUT2D eigenvalue weighted by Crippen LogP contribution is -2.51. The first kappa shape index (κ1) is 17.2. The van der Waals surface area contributed by atoms with Gasteiger partial charge in [0, 0.05) is 39.1 Å². The minimum absolute atomic E-state index is 0.0216. The van der Waals surface area contributed by atoms with Gasteiger partial charge in [-0.3, -0.25) is 0 Å². The third kappa shape index (κ3) is 4.95. The number of aliphatic hydroxyl groups is 1. The van der Waals surface area contributed by atoms with E-state index in [9.17, 15) is 4.79 Å². The summed E-state index contributed by atoms with van der Waals surface area (Å²) in [7, 11) is 0. The second-order valence-corrected chi connectivity index (χ2v) is 6.23. The van der Waals surface area contributed by atoms with E-state index in [2.05, 4.69) is 16.0 Å². The predicted molar refractivity (Wildman–Crippen MR) is 85.1 cm³/mol. The van der Waals surface area contributed by atoms with Crippen molar-refractivity contribution in [3.8, 4) is 0 Å². The van der Waals surface area contributed by atoms with Crippen LogP contribution >= 0.6 is 11.3 Å². The van der Waals surface area contributed by atoms with Crippen molar-refractivity contribution in [3.05, 3.63) is 21.9 Å². The molecule has 1 aromatic heterocycles. The maximum Gasteiger partial charge on any atom is 0.315 e. The zero-order valence-corrected chi connectivity index (χ0v) is 13.7. The van der Waals surface area contributed by atoms with Gasteiger partial charge in [-0.2, -0.15) is 11.3 Å². The van der Waals surface area contributed by atoms with Gasteiger partial charge >= 0.3 is 6.03 Å². The van der Waals surface area contributed by atoms with Gasteiger partial charge in [-0.15, -0.1) is 0 Å². The maximum absolute atomic E-state index is 12.0. The Bertz CT molecular complexity index is 472. The number of thiophene rings is 1. The minimum atomic E-state index is -0.434. The molecule has 2 heterocycles. The van der Waals surface area contributed by atoms with Gasteiger partial charge in [-0.25, -0.2) is 4.79 Å². The van der Waals surface area contributed by atoms with Crippen molar-refractivity contribution >= 4 is 17.4 Å². The standard InChI is InChI=1S/C15H24N2O4S/c1-12-9-22-10-13(12)8-16-14(19)17-11-15(21-7-4-18)2-5-20-6-3-15/h9-10,18H,2-8,11H2,1H3,(H2,16,17,19). The van der Waals surface area contributed by atoms with Crippen LogP contribution in [0.1, 0.15) is 24.0 Å². The Balaban J connectivity index is 1.78. The summed E-state index contributed by atoms with van der Waals surface area (Å²) in [6, 6.07) is -0.205. The van der Waals surface area contributed by atoms with Crippen molar-refractivity contribution in [1.29, 1.82) is 0 Å². The lowest BCUT2D eigenvalue weighted by molar-refractivity contribution is -0.114. The summed E-state index contributed by atoms with van der Waals surface area (Å²) in [4.78, 5) is 12.0. The number of ether oxygens (including phenoxy) is 2. The molecule has 2 rings (SSSR count). The number of aryl methyl sites for hydroxylation is 1. The molecular formula is C15H24N2O4S. The van der Waals surface area contributed by atoms with E-state index in [-0.39, 0.29) is 19.2 Å². The molecule has 0 spiro atoms. The van der Waals surface area contributed by atoms with Crippen LogP contribution < -0.4 is 10.6 Å². The van der Waals surface area contributed by atoms with Gasteiger partial charge in [0.15, 0.2) is 0 Å². The molecule has 1 aliphatic heterocycles. The largest absolute Gasteiger partial charge is 0.394 e. The molecule has 1 aromatic rings. The van der Waals surface area contributed by atoms with E-state index in [1.165, 1.54) is 5.56 Å². The number of amides is 2. The zero-order valence-electron chi connectivity index (χ0n) is 12.9. The smallest absolute Gasteiger partial charge is 0.315 e. The Morgan fingerprint density at radius 3 is 2.82 bits per heavy atom. The van der Waals surface area contributed by atoms with Crippen LogP contribution in [0, 0.1) is 6.92 Å². The first-order chi connectivity index (χ1) is 10.7. The van der Waals surface area contributed by atoms with Gasteiger partial charge in [0.1, 0.15) is 0 Å². The molecule has 1 fully saturated rings. The lowest BCUT2D eigenvalue weighted by atomic mass is 9.94. The Labute approximate surface area is 134 Å². The third-order valence-electron chi connectivity index (χ3n) is 3.88. The van der Waals surface area contributed by atoms with Gasteiger partial charge in [0.05, 0.1) is 18.8 Å². The first-order valence-electron chi connectivity index (χ1n) is 7.51. The molecule has 0 atom stereocenters. The second kappa shape index (κ2) is 8.47. The number of rotatable bonds is 7. The van der Waals surface area contributed by atoms with Crippen LogP contribution in [0.15, 0.2) is 10.8 Å². The summed E-state index contributed by atoms with van der Waals surface area (Å²) in [6.07, 6.45) is 1.44. The molecule has 0 aromatic carbocycles. The summed E-state index contributed by atoms with van der Waals surface area (Å²) in [5.41, 5.74) is 1.89. The number of carbonyl (C=O) groups excluding carboxylic acids is 1. The van der Waals surface area contributed by atoms with Crippen LogP contribution in [0.5, 0.6) is 0 Å². The molecule has 124 valence electrons. The van der Waals surface area contributed by atoms with Crippen molar-refractivity contribution < 1.29 is 19.4 Å². The predicted octanol–water partition coefficient (Wildman–Crippen LogP) is 1.41. The average Bonchev–Trinajstić information content (AvgIpc) is 2.95. The monoisotopic (exact) mass is 328 g/mol. The molecule has 0 saturated carbocycles. The van der Waals surface area contributed by atoms with E-state index in [4.69, 9.17) is 14.6 Å². The molecule has 7 heteroatoms. The Kier molecular flexibility index (Phi) is 6.63. The highest BCUT2D eigenvalue weighted by Crippen LogP contribution is 2.24. The number of hydrogen-bond donors (Lipinski definition) is 3. The Morgan fingerprint density at radius 2 is 2.18 bits per heavy atom. The van der Waals surface area contributed by atoms with Crippen LogP contribution in [0.3, 0.4) is 0 Å². The highest BCUT2D eigenvalue weighted by molar-refractivity contribution is 7.08. The molecule has 1 aliphatic rings. The summed E-state index contributed by atoms with van der Waals surface area (Å²) < 4.78 is 11.1. The highest BCUT2D eigenvalue weighted by atomic mass is 32.1. The van der Waals surface area contributed by atoms with E-state index in [0.717, 1.165) is 18.4 Å². The van der Waals surface area contributed by atoms with E-state index in [1.54, 1.807) is 11.3 Å². The van der Waals surface area contributed by atoms with Crippen molar-refractivity contribution in [2.75, 3.05) is 33.0 Å². The topological polar surface area (TPSA) is 79.8 Å². The van der Waals surface area contributed by atoms with Crippen molar-refractivity contribution in [3.63, 3.8) is 0 Å². The van der Waals surface area contributed by atoms with E-state index in [0.29, 0.717) is 26.3 Å². The van der Waals surface area contributed by atoms with Gasteiger partial charge in [-0.05, 0) is 28.8 Å². The summed E-state index contributed by atoms with van der Waals surface area (Å²) >= 11 is 1.63.